The average Bonchev–Trinajstić information content (AvgIpc) is 2.74. The second-order valence-corrected chi connectivity index (χ2v) is 8.40. The number of nitrogens with one attached hydrogen (secondary N) is 3. The summed E-state index contributed by atoms with van der Waals surface area (Å²) in [5.74, 6) is 0.223. The molecule has 0 aliphatic carbocycles. The van der Waals surface area contributed by atoms with Crippen molar-refractivity contribution in [2.45, 2.75) is 4.90 Å². The lowest BCUT2D eigenvalue weighted by Crippen LogP contribution is -2.34. The fourth-order valence-corrected chi connectivity index (χ4v) is 3.81. The largest absolute Gasteiger partial charge is 0.508 e. The number of rotatable bonds is 6. The predicted octanol–water partition coefficient (Wildman–Crippen LogP) is 3.33. The molecule has 3 aromatic rings. The number of thiocarbonyl (C=S) groups is 1. The third kappa shape index (κ3) is 5.93. The number of phenols is 1. The summed E-state index contributed by atoms with van der Waals surface area (Å²) in [5, 5.41) is 14.6. The van der Waals surface area contributed by atoms with E-state index >= 15 is 0 Å². The molecule has 0 spiro atoms. The highest BCUT2D eigenvalue weighted by Crippen LogP contribution is 2.20. The van der Waals surface area contributed by atoms with Gasteiger partial charge >= 0.3 is 0 Å². The van der Waals surface area contributed by atoms with Crippen molar-refractivity contribution in [2.75, 3.05) is 17.1 Å². The van der Waals surface area contributed by atoms with Crippen LogP contribution in [0.15, 0.2) is 77.7 Å². The summed E-state index contributed by atoms with van der Waals surface area (Å²) in [6, 6.07) is 18.1. The average molecular weight is 458 g/mol. The Bertz CT molecular complexity index is 1180. The van der Waals surface area contributed by atoms with Crippen LogP contribution in [0.25, 0.3) is 0 Å². The first-order valence-electron chi connectivity index (χ1n) is 8.95. The van der Waals surface area contributed by atoms with E-state index < -0.39 is 15.9 Å². The molecule has 3 rings (SSSR count). The molecule has 160 valence electrons. The van der Waals surface area contributed by atoms with Crippen LogP contribution < -0.4 is 20.1 Å². The number of ether oxygens (including phenoxy) is 1. The molecule has 31 heavy (non-hydrogen) atoms. The van der Waals surface area contributed by atoms with Gasteiger partial charge in [-0.05, 0) is 85.0 Å². The highest BCUT2D eigenvalue weighted by molar-refractivity contribution is 7.92. The van der Waals surface area contributed by atoms with E-state index in [0.717, 1.165) is 0 Å². The first-order chi connectivity index (χ1) is 14.8. The molecule has 0 heterocycles. The molecule has 0 aromatic heterocycles. The van der Waals surface area contributed by atoms with Crippen LogP contribution >= 0.6 is 12.2 Å². The van der Waals surface area contributed by atoms with Crippen LogP contribution in [0.4, 0.5) is 11.4 Å². The Balaban J connectivity index is 1.61. The minimum absolute atomic E-state index is 0.0463. The van der Waals surface area contributed by atoms with Gasteiger partial charge in [0, 0.05) is 16.9 Å². The van der Waals surface area contributed by atoms with Gasteiger partial charge in [0.15, 0.2) is 5.11 Å². The lowest BCUT2D eigenvalue weighted by molar-refractivity contribution is 0.0977. The molecule has 10 heteroatoms. The zero-order valence-electron chi connectivity index (χ0n) is 16.3. The minimum Gasteiger partial charge on any atom is -0.508 e. The predicted molar refractivity (Wildman–Crippen MR) is 122 cm³/mol. The van der Waals surface area contributed by atoms with Gasteiger partial charge in [0.05, 0.1) is 12.0 Å². The third-order valence-electron chi connectivity index (χ3n) is 4.12. The second-order valence-electron chi connectivity index (χ2n) is 6.31. The van der Waals surface area contributed by atoms with Crippen LogP contribution in [0.3, 0.4) is 0 Å². The molecule has 0 aliphatic heterocycles. The Morgan fingerprint density at radius 1 is 0.903 bits per heavy atom. The first kappa shape index (κ1) is 22.1. The highest BCUT2D eigenvalue weighted by Gasteiger charge is 2.14. The summed E-state index contributed by atoms with van der Waals surface area (Å²) < 4.78 is 32.6. The fraction of sp³-hybridized carbons (Fsp3) is 0.0476. The molecular weight excluding hydrogens is 438 g/mol. The first-order valence-corrected chi connectivity index (χ1v) is 10.8. The van der Waals surface area contributed by atoms with E-state index in [1.165, 1.54) is 55.6 Å². The number of methoxy groups -OCH3 is 1. The lowest BCUT2D eigenvalue weighted by atomic mass is 10.2. The molecule has 4 N–H and O–H groups in total. The number of phenolic OH excluding ortho intramolecular Hbond substituents is 1. The molecule has 0 radical (unpaired) electrons. The van der Waals surface area contributed by atoms with E-state index in [4.69, 9.17) is 17.0 Å². The van der Waals surface area contributed by atoms with E-state index in [1.807, 2.05) is 0 Å². The number of hydrogen-bond donors (Lipinski definition) is 4. The number of aromatic hydroxyl groups is 1. The zero-order valence-corrected chi connectivity index (χ0v) is 18.0. The van der Waals surface area contributed by atoms with Gasteiger partial charge < -0.3 is 15.2 Å². The lowest BCUT2D eigenvalue weighted by Gasteiger charge is -2.11. The van der Waals surface area contributed by atoms with Crippen molar-refractivity contribution in [3.05, 3.63) is 78.4 Å². The summed E-state index contributed by atoms with van der Waals surface area (Å²) >= 11 is 5.12. The van der Waals surface area contributed by atoms with E-state index in [-0.39, 0.29) is 15.8 Å². The summed E-state index contributed by atoms with van der Waals surface area (Å²) in [4.78, 5) is 12.2. The maximum atomic E-state index is 12.6. The topological polar surface area (TPSA) is 117 Å². The monoisotopic (exact) mass is 457 g/mol. The molecule has 0 unspecified atom stereocenters. The number of amides is 1. The number of carbonyl (C=O) groups is 1. The summed E-state index contributed by atoms with van der Waals surface area (Å²) in [6.45, 7) is 0. The molecule has 0 saturated heterocycles. The minimum atomic E-state index is -3.78. The normalized spacial score (nSPS) is 10.7. The standard InChI is InChI=1S/C21H19N3O5S2/c1-29-18-10-4-16(5-11-18)24-31(27,28)19-12-6-15(7-13-19)22-21(30)23-20(26)14-2-8-17(25)9-3-14/h2-13,24-25H,1H3,(H2,22,23,26,30). The molecule has 3 aromatic carbocycles. The molecular formula is C21H19N3O5S2. The van der Waals surface area contributed by atoms with E-state index in [1.54, 1.807) is 24.3 Å². The SMILES string of the molecule is COc1ccc(NS(=O)(=O)c2ccc(NC(=S)NC(=O)c3ccc(O)cc3)cc2)cc1. The van der Waals surface area contributed by atoms with Crippen LogP contribution in [0, 0.1) is 0 Å². The Labute approximate surface area is 184 Å². The van der Waals surface area contributed by atoms with Crippen LogP contribution in [-0.4, -0.2) is 31.7 Å². The van der Waals surface area contributed by atoms with Gasteiger partial charge in [-0.25, -0.2) is 8.42 Å². The number of benzene rings is 3. The van der Waals surface area contributed by atoms with Gasteiger partial charge in [0.2, 0.25) is 0 Å². The maximum Gasteiger partial charge on any atom is 0.261 e. The van der Waals surface area contributed by atoms with Crippen molar-refractivity contribution in [3.8, 4) is 11.5 Å². The second kappa shape index (κ2) is 9.45. The van der Waals surface area contributed by atoms with Crippen LogP contribution in [-0.2, 0) is 10.0 Å². The molecule has 1 amide bonds. The van der Waals surface area contributed by atoms with Gasteiger partial charge in [0.25, 0.3) is 15.9 Å². The molecule has 8 nitrogen and oxygen atoms in total. The molecule has 0 aliphatic rings. The zero-order chi connectivity index (χ0) is 22.4. The van der Waals surface area contributed by atoms with Crippen molar-refractivity contribution < 1.29 is 23.1 Å². The molecule has 0 fully saturated rings. The number of carbonyl (C=O) groups excluding carboxylic acids is 1. The molecule has 0 atom stereocenters. The molecule has 0 saturated carbocycles. The van der Waals surface area contributed by atoms with Crippen molar-refractivity contribution in [1.82, 2.24) is 5.32 Å². The van der Waals surface area contributed by atoms with Gasteiger partial charge in [-0.3, -0.25) is 14.8 Å². The van der Waals surface area contributed by atoms with Gasteiger partial charge in [-0.1, -0.05) is 0 Å². The van der Waals surface area contributed by atoms with Crippen molar-refractivity contribution in [1.29, 1.82) is 0 Å². The maximum absolute atomic E-state index is 12.6. The smallest absolute Gasteiger partial charge is 0.261 e. The quantitative estimate of drug-likeness (QED) is 0.420. The Hall–Kier alpha value is -3.63. The summed E-state index contributed by atoms with van der Waals surface area (Å²) in [6.07, 6.45) is 0. The van der Waals surface area contributed by atoms with E-state index in [0.29, 0.717) is 22.7 Å². The number of hydrogen-bond acceptors (Lipinski definition) is 6. The van der Waals surface area contributed by atoms with Crippen LogP contribution in [0.2, 0.25) is 0 Å². The van der Waals surface area contributed by atoms with Gasteiger partial charge in [-0.15, -0.1) is 0 Å². The Kier molecular flexibility index (Phi) is 6.73. The third-order valence-corrected chi connectivity index (χ3v) is 5.72. The Morgan fingerprint density at radius 2 is 1.48 bits per heavy atom. The van der Waals surface area contributed by atoms with Gasteiger partial charge in [-0.2, -0.15) is 0 Å². The fourth-order valence-electron chi connectivity index (χ4n) is 2.54. The summed E-state index contributed by atoms with van der Waals surface area (Å²) in [5.41, 5.74) is 1.23. The van der Waals surface area contributed by atoms with Crippen molar-refractivity contribution >= 4 is 44.6 Å². The van der Waals surface area contributed by atoms with Crippen LogP contribution in [0.5, 0.6) is 11.5 Å². The van der Waals surface area contributed by atoms with Crippen LogP contribution in [0.1, 0.15) is 10.4 Å². The van der Waals surface area contributed by atoms with Crippen molar-refractivity contribution in [2.24, 2.45) is 0 Å². The molecule has 0 bridgehead atoms. The van der Waals surface area contributed by atoms with E-state index in [9.17, 15) is 18.3 Å². The van der Waals surface area contributed by atoms with E-state index in [2.05, 4.69) is 15.4 Å². The summed E-state index contributed by atoms with van der Waals surface area (Å²) in [7, 11) is -2.25. The highest BCUT2D eigenvalue weighted by atomic mass is 32.2. The number of sulfonamides is 1. The van der Waals surface area contributed by atoms with Crippen molar-refractivity contribution in [3.63, 3.8) is 0 Å². The Morgan fingerprint density at radius 3 is 2.06 bits per heavy atom. The van der Waals surface area contributed by atoms with Gasteiger partial charge in [0.1, 0.15) is 11.5 Å². The number of anilines is 2.